The molecule has 2 amide bonds. The minimum absolute atomic E-state index is 0.0572. The van der Waals surface area contributed by atoms with Gasteiger partial charge >= 0.3 is 0 Å². The lowest BCUT2D eigenvalue weighted by Crippen LogP contribution is -2.45. The molecule has 8 nitrogen and oxygen atoms in total. The summed E-state index contributed by atoms with van der Waals surface area (Å²) >= 11 is 0. The van der Waals surface area contributed by atoms with Crippen LogP contribution in [0.4, 0.5) is 5.69 Å². The summed E-state index contributed by atoms with van der Waals surface area (Å²) in [5, 5.41) is 15.8. The first kappa shape index (κ1) is 20.0. The monoisotopic (exact) mass is 422 g/mol. The lowest BCUT2D eigenvalue weighted by Gasteiger charge is -2.27. The van der Waals surface area contributed by atoms with E-state index in [2.05, 4.69) is 10.2 Å². The lowest BCUT2D eigenvalue weighted by molar-refractivity contribution is -0.139. The summed E-state index contributed by atoms with van der Waals surface area (Å²) in [7, 11) is 1.78. The topological polar surface area (TPSA) is 98.8 Å². The maximum Gasteiger partial charge on any atom is 0.234 e. The van der Waals surface area contributed by atoms with Crippen LogP contribution in [0, 0.1) is 11.8 Å². The molecule has 8 heteroatoms. The Balaban J connectivity index is 1.34. The number of rotatable bonds is 7. The van der Waals surface area contributed by atoms with Gasteiger partial charge in [0.05, 0.1) is 30.7 Å². The van der Waals surface area contributed by atoms with E-state index < -0.39 is 17.4 Å². The fourth-order valence-electron chi connectivity index (χ4n) is 5.05. The molecule has 1 aromatic carbocycles. The molecule has 2 unspecified atom stereocenters. The minimum atomic E-state index is -0.739. The molecule has 162 valence electrons. The van der Waals surface area contributed by atoms with E-state index in [1.165, 1.54) is 0 Å². The van der Waals surface area contributed by atoms with Gasteiger partial charge in [0.15, 0.2) is 0 Å². The number of nitrogens with one attached hydrogen (secondary N) is 1. The van der Waals surface area contributed by atoms with Gasteiger partial charge in [0.2, 0.25) is 11.8 Å². The van der Waals surface area contributed by atoms with Crippen LogP contribution in [0.5, 0.6) is 0 Å². The van der Waals surface area contributed by atoms with Crippen molar-refractivity contribution in [3.63, 3.8) is 0 Å². The number of ether oxygens (including phenoxy) is 1. The van der Waals surface area contributed by atoms with Crippen LogP contribution in [0.25, 0.3) is 0 Å². The predicted octanol–water partition coefficient (Wildman–Crippen LogP) is 0.932. The highest BCUT2D eigenvalue weighted by atomic mass is 16.5. The van der Waals surface area contributed by atoms with E-state index in [1.807, 2.05) is 42.6 Å². The van der Waals surface area contributed by atoms with Gasteiger partial charge < -0.3 is 19.6 Å². The number of anilines is 1. The number of likely N-dealkylation sites (N-methyl/N-ethyl adjacent to an activating group) is 1. The Morgan fingerprint density at radius 2 is 2.13 bits per heavy atom. The Hall–Kier alpha value is -2.97. The highest BCUT2D eigenvalue weighted by molar-refractivity contribution is 6.03. The summed E-state index contributed by atoms with van der Waals surface area (Å²) in [6.45, 7) is 1.05. The summed E-state index contributed by atoms with van der Waals surface area (Å²) in [4.78, 5) is 30.2. The fraction of sp³-hybridized carbons (Fsp3) is 0.435. The number of hydrogen-bond acceptors (Lipinski definition) is 5. The van der Waals surface area contributed by atoms with Crippen LogP contribution >= 0.6 is 0 Å². The molecule has 3 aliphatic heterocycles. The summed E-state index contributed by atoms with van der Waals surface area (Å²) in [6.07, 6.45) is 8.40. The maximum absolute atomic E-state index is 13.5. The number of aromatic amines is 1. The van der Waals surface area contributed by atoms with Crippen molar-refractivity contribution in [1.29, 1.82) is 0 Å². The third-order valence-electron chi connectivity index (χ3n) is 6.70. The van der Waals surface area contributed by atoms with Crippen molar-refractivity contribution in [2.45, 2.75) is 24.5 Å². The first-order chi connectivity index (χ1) is 15.0. The van der Waals surface area contributed by atoms with E-state index in [1.54, 1.807) is 23.0 Å². The van der Waals surface area contributed by atoms with Crippen LogP contribution in [0.15, 0.2) is 48.8 Å². The molecule has 2 saturated heterocycles. The first-order valence-electron chi connectivity index (χ1n) is 10.6. The fourth-order valence-corrected chi connectivity index (χ4v) is 5.05. The number of carbonyl (C=O) groups is 2. The molecule has 4 atom stereocenters. The van der Waals surface area contributed by atoms with Crippen molar-refractivity contribution >= 4 is 17.5 Å². The quantitative estimate of drug-likeness (QED) is 0.647. The van der Waals surface area contributed by atoms with Crippen LogP contribution in [-0.2, 0) is 27.2 Å². The molecule has 0 saturated carbocycles. The SMILES string of the molecule is CN(CCc1cn[nH]c1)C(=O)C1C2C(=O)N(c3ccc(CCO)cc3)C[C@@]23C=C[C@@H]1O3. The van der Waals surface area contributed by atoms with Crippen LogP contribution < -0.4 is 4.90 Å². The number of aliphatic hydroxyl groups excluding tert-OH is 1. The van der Waals surface area contributed by atoms with Gasteiger partial charge in [0.1, 0.15) is 5.60 Å². The standard InChI is InChI=1S/C23H26N4O4/c1-26(10-7-16-12-24-25-13-16)21(29)19-18-6-9-23(31-18)14-27(22(30)20(19)23)17-4-2-15(3-5-17)8-11-28/h2-6,9,12-13,18-20,28H,7-8,10-11,14H2,1H3,(H,24,25)/t18-,19?,20?,23-/m0/s1. The van der Waals surface area contributed by atoms with Crippen LogP contribution in [-0.4, -0.2) is 70.5 Å². The van der Waals surface area contributed by atoms with E-state index >= 15 is 0 Å². The van der Waals surface area contributed by atoms with Gasteiger partial charge in [-0.15, -0.1) is 0 Å². The number of nitrogens with zero attached hydrogens (tertiary/aromatic N) is 3. The second kappa shape index (κ2) is 7.62. The van der Waals surface area contributed by atoms with E-state index in [0.29, 0.717) is 25.9 Å². The number of aliphatic hydroxyl groups is 1. The summed E-state index contributed by atoms with van der Waals surface area (Å²) in [5.41, 5.74) is 2.10. The molecule has 2 aromatic rings. The van der Waals surface area contributed by atoms with Crippen molar-refractivity contribution in [3.05, 3.63) is 59.9 Å². The normalized spacial score (nSPS) is 28.4. The van der Waals surface area contributed by atoms with E-state index in [0.717, 1.165) is 16.8 Å². The highest BCUT2D eigenvalue weighted by Crippen LogP contribution is 2.53. The second-order valence-electron chi connectivity index (χ2n) is 8.58. The Kier molecular flexibility index (Phi) is 4.91. The molecule has 5 rings (SSSR count). The van der Waals surface area contributed by atoms with Gasteiger partial charge in [-0.2, -0.15) is 5.10 Å². The second-order valence-corrected chi connectivity index (χ2v) is 8.58. The summed E-state index contributed by atoms with van der Waals surface area (Å²) in [6, 6.07) is 7.63. The summed E-state index contributed by atoms with van der Waals surface area (Å²) in [5.74, 6) is -1.14. The third-order valence-corrected chi connectivity index (χ3v) is 6.70. The number of amides is 2. The van der Waals surface area contributed by atoms with Crippen LogP contribution in [0.2, 0.25) is 0 Å². The zero-order valence-corrected chi connectivity index (χ0v) is 17.4. The van der Waals surface area contributed by atoms with Gasteiger partial charge in [-0.1, -0.05) is 24.3 Å². The maximum atomic E-state index is 13.5. The molecule has 1 spiro atoms. The zero-order chi connectivity index (χ0) is 21.6. The van der Waals surface area contributed by atoms with Gasteiger partial charge in [0, 0.05) is 32.1 Å². The van der Waals surface area contributed by atoms with Crippen LogP contribution in [0.1, 0.15) is 11.1 Å². The van der Waals surface area contributed by atoms with Crippen LogP contribution in [0.3, 0.4) is 0 Å². The Morgan fingerprint density at radius 1 is 1.32 bits per heavy atom. The molecule has 3 aliphatic rings. The zero-order valence-electron chi connectivity index (χ0n) is 17.4. The number of aromatic nitrogens is 2. The average Bonchev–Trinajstić information content (AvgIpc) is 3.55. The van der Waals surface area contributed by atoms with Crippen molar-refractivity contribution in [2.75, 3.05) is 31.6 Å². The van der Waals surface area contributed by atoms with E-state index in [4.69, 9.17) is 9.84 Å². The number of fused-ring (bicyclic) bond motifs is 1. The predicted molar refractivity (Wildman–Crippen MR) is 113 cm³/mol. The molecule has 0 radical (unpaired) electrons. The average molecular weight is 422 g/mol. The largest absolute Gasteiger partial charge is 0.396 e. The van der Waals surface area contributed by atoms with Crippen molar-refractivity contribution in [2.24, 2.45) is 11.8 Å². The van der Waals surface area contributed by atoms with E-state index in [9.17, 15) is 9.59 Å². The number of carbonyl (C=O) groups excluding carboxylic acids is 2. The lowest BCUT2D eigenvalue weighted by atomic mass is 9.76. The molecule has 0 aliphatic carbocycles. The third kappa shape index (κ3) is 3.26. The van der Waals surface area contributed by atoms with E-state index in [-0.39, 0.29) is 24.5 Å². The molecule has 31 heavy (non-hydrogen) atoms. The number of hydrogen-bond donors (Lipinski definition) is 2. The minimum Gasteiger partial charge on any atom is -0.396 e. The van der Waals surface area contributed by atoms with Gasteiger partial charge in [-0.25, -0.2) is 0 Å². The molecule has 2 N–H and O–H groups in total. The molecule has 2 bridgehead atoms. The first-order valence-corrected chi connectivity index (χ1v) is 10.6. The van der Waals surface area contributed by atoms with Gasteiger partial charge in [0.25, 0.3) is 0 Å². The molecular formula is C23H26N4O4. The highest BCUT2D eigenvalue weighted by Gasteiger charge is 2.67. The number of benzene rings is 1. The molecular weight excluding hydrogens is 396 g/mol. The Morgan fingerprint density at radius 3 is 2.84 bits per heavy atom. The Labute approximate surface area is 180 Å². The van der Waals surface area contributed by atoms with Crippen molar-refractivity contribution in [1.82, 2.24) is 15.1 Å². The summed E-state index contributed by atoms with van der Waals surface area (Å²) < 4.78 is 6.23. The van der Waals surface area contributed by atoms with Gasteiger partial charge in [-0.3, -0.25) is 14.7 Å². The number of H-pyrrole nitrogens is 1. The Bertz CT molecular complexity index is 1000. The molecule has 4 heterocycles. The van der Waals surface area contributed by atoms with Gasteiger partial charge in [-0.05, 0) is 36.1 Å². The smallest absolute Gasteiger partial charge is 0.234 e. The van der Waals surface area contributed by atoms with Crippen molar-refractivity contribution in [3.8, 4) is 0 Å². The molecule has 1 aromatic heterocycles. The van der Waals surface area contributed by atoms with Crippen molar-refractivity contribution < 1.29 is 19.4 Å². The molecule has 2 fully saturated rings.